The van der Waals surface area contributed by atoms with Gasteiger partial charge in [0.25, 0.3) is 11.8 Å². The first-order valence-electron chi connectivity index (χ1n) is 10.7. The lowest BCUT2D eigenvalue weighted by molar-refractivity contribution is -0.138. The second kappa shape index (κ2) is 8.82. The van der Waals surface area contributed by atoms with E-state index in [1.807, 2.05) is 18.2 Å². The smallest absolute Gasteiger partial charge is 0.392 e. The number of imidazole rings is 1. The molecular weight excluding hydrogens is 481 g/mol. The highest BCUT2D eigenvalue weighted by atomic mass is 32.1. The van der Waals surface area contributed by atoms with Crippen LogP contribution >= 0.6 is 11.3 Å². The lowest BCUT2D eigenvalue weighted by Gasteiger charge is -2.27. The minimum Gasteiger partial charge on any atom is -0.392 e. The van der Waals surface area contributed by atoms with Crippen LogP contribution in [0.25, 0.3) is 5.65 Å². The van der Waals surface area contributed by atoms with Crippen LogP contribution < -0.4 is 5.32 Å². The number of hydrogen-bond donors (Lipinski definition) is 2. The minimum atomic E-state index is -4.66. The Kier molecular flexibility index (Phi) is 5.81. The van der Waals surface area contributed by atoms with Gasteiger partial charge in [0.15, 0.2) is 0 Å². The van der Waals surface area contributed by atoms with E-state index in [2.05, 4.69) is 10.3 Å². The molecule has 180 valence electrons. The third-order valence-electron chi connectivity index (χ3n) is 5.96. The summed E-state index contributed by atoms with van der Waals surface area (Å²) in [5.74, 6) is -0.689. The van der Waals surface area contributed by atoms with Crippen molar-refractivity contribution < 1.29 is 27.9 Å². The molecule has 0 atom stereocenters. The summed E-state index contributed by atoms with van der Waals surface area (Å²) in [6.07, 6.45) is -0.897. The maximum atomic E-state index is 13.3. The van der Waals surface area contributed by atoms with Crippen LogP contribution in [0, 0.1) is 0 Å². The average molecular weight is 501 g/mol. The average Bonchev–Trinajstić information content (AvgIpc) is 3.47. The van der Waals surface area contributed by atoms with Gasteiger partial charge in [-0.1, -0.05) is 12.1 Å². The first kappa shape index (κ1) is 23.1. The molecule has 0 radical (unpaired) electrons. The first-order chi connectivity index (χ1) is 16.8. The number of nitrogens with one attached hydrogen (secondary N) is 1. The monoisotopic (exact) mass is 500 g/mol. The van der Waals surface area contributed by atoms with Crippen molar-refractivity contribution in [3.8, 4) is 0 Å². The number of benzene rings is 1. The van der Waals surface area contributed by atoms with Crippen molar-refractivity contribution in [2.75, 3.05) is 11.9 Å². The van der Waals surface area contributed by atoms with Crippen LogP contribution in [0.15, 0.2) is 54.2 Å². The predicted octanol–water partition coefficient (Wildman–Crippen LogP) is 4.36. The third-order valence-corrected chi connectivity index (χ3v) is 6.97. The van der Waals surface area contributed by atoms with Crippen molar-refractivity contribution in [2.24, 2.45) is 0 Å². The Morgan fingerprint density at radius 2 is 2.03 bits per heavy atom. The van der Waals surface area contributed by atoms with E-state index in [4.69, 9.17) is 0 Å². The fraction of sp³-hybridized carbons (Fsp3) is 0.208. The number of rotatable bonds is 4. The summed E-state index contributed by atoms with van der Waals surface area (Å²) in [4.78, 5) is 32.8. The van der Waals surface area contributed by atoms with Crippen molar-refractivity contribution in [1.82, 2.24) is 14.3 Å². The molecule has 0 fully saturated rings. The number of nitrogens with zero attached hydrogens (tertiary/aromatic N) is 3. The second-order valence-electron chi connectivity index (χ2n) is 8.08. The SMILES string of the molecule is O=C(Nc1ccc(CO)c(C(F)(F)F)c1)c1csc2c1CCN(C(=O)c1cnc3ccccn13)C2. The molecule has 5 rings (SSSR count). The van der Waals surface area contributed by atoms with E-state index in [0.717, 1.165) is 22.6 Å². The number of aromatic nitrogens is 2. The number of aliphatic hydroxyl groups excluding tert-OH is 1. The Bertz CT molecular complexity index is 1440. The normalized spacial score (nSPS) is 13.7. The number of halogens is 3. The summed E-state index contributed by atoms with van der Waals surface area (Å²) >= 11 is 1.34. The fourth-order valence-corrected chi connectivity index (χ4v) is 5.29. The first-order valence-corrected chi connectivity index (χ1v) is 11.6. The van der Waals surface area contributed by atoms with Gasteiger partial charge in [0, 0.05) is 28.7 Å². The van der Waals surface area contributed by atoms with Crippen LogP contribution in [0.2, 0.25) is 0 Å². The minimum absolute atomic E-state index is 0.0142. The quantitative estimate of drug-likeness (QED) is 0.436. The topological polar surface area (TPSA) is 86.9 Å². The second-order valence-corrected chi connectivity index (χ2v) is 9.05. The number of carbonyl (C=O) groups excluding carboxylic acids is 2. The molecule has 1 aromatic carbocycles. The van der Waals surface area contributed by atoms with E-state index in [1.54, 1.807) is 20.9 Å². The summed E-state index contributed by atoms with van der Waals surface area (Å²) in [5.41, 5.74) is 1.02. The largest absolute Gasteiger partial charge is 0.416 e. The Labute approximate surface area is 201 Å². The molecule has 1 aliphatic rings. The van der Waals surface area contributed by atoms with Crippen molar-refractivity contribution in [1.29, 1.82) is 0 Å². The molecule has 35 heavy (non-hydrogen) atoms. The van der Waals surface area contributed by atoms with Gasteiger partial charge in [0.2, 0.25) is 0 Å². The van der Waals surface area contributed by atoms with Gasteiger partial charge in [-0.2, -0.15) is 13.2 Å². The lowest BCUT2D eigenvalue weighted by atomic mass is 10.0. The summed E-state index contributed by atoms with van der Waals surface area (Å²) in [6, 6.07) is 8.76. The van der Waals surface area contributed by atoms with Crippen LogP contribution in [0.1, 0.15) is 42.4 Å². The Morgan fingerprint density at radius 3 is 2.80 bits per heavy atom. The highest BCUT2D eigenvalue weighted by Gasteiger charge is 2.34. The molecule has 4 aromatic rings. The molecule has 2 N–H and O–H groups in total. The molecule has 11 heteroatoms. The van der Waals surface area contributed by atoms with E-state index in [0.29, 0.717) is 36.4 Å². The van der Waals surface area contributed by atoms with Crippen LogP contribution in [-0.4, -0.2) is 37.8 Å². The van der Waals surface area contributed by atoms with Gasteiger partial charge in [0.1, 0.15) is 11.3 Å². The van der Waals surface area contributed by atoms with E-state index in [1.165, 1.54) is 23.6 Å². The van der Waals surface area contributed by atoms with Gasteiger partial charge in [-0.3, -0.25) is 14.0 Å². The highest BCUT2D eigenvalue weighted by molar-refractivity contribution is 7.10. The number of alkyl halides is 3. The fourth-order valence-electron chi connectivity index (χ4n) is 4.20. The maximum absolute atomic E-state index is 13.3. The van der Waals surface area contributed by atoms with E-state index in [9.17, 15) is 27.9 Å². The van der Waals surface area contributed by atoms with Crippen molar-refractivity contribution in [2.45, 2.75) is 25.7 Å². The van der Waals surface area contributed by atoms with Crippen LogP contribution in [-0.2, 0) is 25.7 Å². The van der Waals surface area contributed by atoms with Crippen LogP contribution in [0.3, 0.4) is 0 Å². The predicted molar refractivity (Wildman–Crippen MR) is 123 cm³/mol. The molecule has 4 heterocycles. The third kappa shape index (κ3) is 4.28. The molecular formula is C24H19F3N4O3S. The summed E-state index contributed by atoms with van der Waals surface area (Å²) in [6.45, 7) is -0.0344. The summed E-state index contributed by atoms with van der Waals surface area (Å²) in [5, 5.41) is 13.4. The van der Waals surface area contributed by atoms with Crippen LogP contribution in [0.4, 0.5) is 18.9 Å². The number of thiophene rings is 1. The molecule has 7 nitrogen and oxygen atoms in total. The number of aliphatic hydroxyl groups is 1. The molecule has 0 unspecified atom stereocenters. The zero-order valence-electron chi connectivity index (χ0n) is 18.2. The standard InChI is InChI=1S/C24H19F3N4O3S/c25-24(26,27)18-9-15(5-4-14(18)12-32)29-22(33)17-13-35-20-11-30(8-6-16(17)20)23(34)19-10-28-21-3-1-2-7-31(19)21/h1-5,7,9-10,13,32H,6,8,11-12H2,(H,29,33). The number of carbonyl (C=O) groups is 2. The van der Waals surface area contributed by atoms with Gasteiger partial charge < -0.3 is 15.3 Å². The van der Waals surface area contributed by atoms with E-state index < -0.39 is 24.3 Å². The van der Waals surface area contributed by atoms with Gasteiger partial charge >= 0.3 is 6.18 Å². The summed E-state index contributed by atoms with van der Waals surface area (Å²) in [7, 11) is 0. The molecule has 0 saturated carbocycles. The molecule has 0 spiro atoms. The van der Waals surface area contributed by atoms with E-state index in [-0.39, 0.29) is 17.2 Å². The number of amides is 2. The molecule has 1 aliphatic heterocycles. The van der Waals surface area contributed by atoms with Gasteiger partial charge in [-0.05, 0) is 41.8 Å². The van der Waals surface area contributed by atoms with Crippen molar-refractivity contribution in [3.05, 3.63) is 87.0 Å². The van der Waals surface area contributed by atoms with Crippen molar-refractivity contribution >= 4 is 34.5 Å². The molecule has 0 aliphatic carbocycles. The zero-order chi connectivity index (χ0) is 24.7. The number of pyridine rings is 1. The maximum Gasteiger partial charge on any atom is 0.416 e. The Morgan fingerprint density at radius 1 is 1.20 bits per heavy atom. The highest BCUT2D eigenvalue weighted by Crippen LogP contribution is 2.35. The summed E-state index contributed by atoms with van der Waals surface area (Å²) < 4.78 is 41.6. The molecule has 3 aromatic heterocycles. The lowest BCUT2D eigenvalue weighted by Crippen LogP contribution is -2.36. The number of fused-ring (bicyclic) bond motifs is 2. The van der Waals surface area contributed by atoms with Gasteiger partial charge in [0.05, 0.1) is 30.5 Å². The van der Waals surface area contributed by atoms with Gasteiger partial charge in [-0.25, -0.2) is 4.98 Å². The molecule has 0 bridgehead atoms. The van der Waals surface area contributed by atoms with Gasteiger partial charge in [-0.15, -0.1) is 11.3 Å². The number of anilines is 1. The number of hydrogen-bond acceptors (Lipinski definition) is 5. The van der Waals surface area contributed by atoms with Crippen molar-refractivity contribution in [3.63, 3.8) is 0 Å². The molecule has 0 saturated heterocycles. The van der Waals surface area contributed by atoms with Crippen LogP contribution in [0.5, 0.6) is 0 Å². The Balaban J connectivity index is 1.34. The van der Waals surface area contributed by atoms with E-state index >= 15 is 0 Å². The zero-order valence-corrected chi connectivity index (χ0v) is 19.0. The Hall–Kier alpha value is -3.70. The molecule has 2 amide bonds.